The van der Waals surface area contributed by atoms with Crippen molar-refractivity contribution in [3.05, 3.63) is 0 Å². The number of hydrogen-bond donors (Lipinski definition) is 0. The molecular formula is C13H24BrNO2. The Labute approximate surface area is 113 Å². The lowest BCUT2D eigenvalue weighted by atomic mass is 9.97. The van der Waals surface area contributed by atoms with Gasteiger partial charge in [0.25, 0.3) is 0 Å². The average molecular weight is 306 g/mol. The molecule has 0 radical (unpaired) electrons. The van der Waals surface area contributed by atoms with E-state index in [0.717, 1.165) is 37.7 Å². The van der Waals surface area contributed by atoms with Crippen LogP contribution in [0, 0.1) is 5.92 Å². The molecule has 2 atom stereocenters. The molecule has 0 aromatic carbocycles. The maximum Gasteiger partial charge on any atom is 0.228 e. The molecule has 100 valence electrons. The number of nitrogens with zero attached hydrogens (tertiary/aromatic N) is 1. The van der Waals surface area contributed by atoms with Gasteiger partial charge in [-0.15, -0.1) is 0 Å². The van der Waals surface area contributed by atoms with Crippen LogP contribution in [0.5, 0.6) is 0 Å². The molecule has 2 unspecified atom stereocenters. The highest BCUT2D eigenvalue weighted by Crippen LogP contribution is 2.26. The normalized spacial score (nSPS) is 24.3. The van der Waals surface area contributed by atoms with E-state index in [1.54, 1.807) is 0 Å². The molecule has 4 heteroatoms. The van der Waals surface area contributed by atoms with E-state index in [4.69, 9.17) is 4.74 Å². The van der Waals surface area contributed by atoms with Crippen molar-refractivity contribution in [1.29, 1.82) is 0 Å². The third kappa shape index (κ3) is 3.95. The van der Waals surface area contributed by atoms with Crippen molar-refractivity contribution < 1.29 is 9.53 Å². The number of alkyl halides is 1. The van der Waals surface area contributed by atoms with Crippen LogP contribution in [0.2, 0.25) is 0 Å². The molecule has 1 rings (SSSR count). The average Bonchev–Trinajstić information content (AvgIpc) is 2.76. The van der Waals surface area contributed by atoms with Crippen LogP contribution in [-0.2, 0) is 9.53 Å². The van der Waals surface area contributed by atoms with Gasteiger partial charge in [0.1, 0.15) is 0 Å². The maximum atomic E-state index is 12.5. The zero-order valence-corrected chi connectivity index (χ0v) is 12.7. The van der Waals surface area contributed by atoms with Gasteiger partial charge in [-0.05, 0) is 33.1 Å². The second-order valence-electron chi connectivity index (χ2n) is 4.88. The van der Waals surface area contributed by atoms with Crippen molar-refractivity contribution in [1.82, 2.24) is 4.90 Å². The molecule has 1 amide bonds. The minimum atomic E-state index is 0.0812. The summed E-state index contributed by atoms with van der Waals surface area (Å²) in [5.41, 5.74) is 0. The lowest BCUT2D eigenvalue weighted by molar-refractivity contribution is -0.139. The van der Waals surface area contributed by atoms with Crippen molar-refractivity contribution in [2.24, 2.45) is 5.92 Å². The second-order valence-corrected chi connectivity index (χ2v) is 5.67. The fourth-order valence-corrected chi connectivity index (χ4v) is 2.65. The standard InChI is InChI=1S/C13H24BrNO2/c1-4-12-11(6-9-17-12)13(16)15(10(2)3)8-5-7-14/h10-12H,4-9H2,1-3H3. The predicted molar refractivity (Wildman–Crippen MR) is 73.4 cm³/mol. The van der Waals surface area contributed by atoms with Gasteiger partial charge in [-0.1, -0.05) is 22.9 Å². The molecule has 1 heterocycles. The summed E-state index contributed by atoms with van der Waals surface area (Å²) in [7, 11) is 0. The van der Waals surface area contributed by atoms with Crippen molar-refractivity contribution in [2.75, 3.05) is 18.5 Å². The first-order valence-electron chi connectivity index (χ1n) is 6.59. The van der Waals surface area contributed by atoms with E-state index in [-0.39, 0.29) is 24.0 Å². The van der Waals surface area contributed by atoms with E-state index in [9.17, 15) is 4.79 Å². The molecule has 0 aromatic rings. The van der Waals surface area contributed by atoms with Gasteiger partial charge in [0.05, 0.1) is 12.0 Å². The molecule has 0 aliphatic carbocycles. The largest absolute Gasteiger partial charge is 0.377 e. The first-order chi connectivity index (χ1) is 8.11. The van der Waals surface area contributed by atoms with Crippen LogP contribution in [0.1, 0.15) is 40.0 Å². The van der Waals surface area contributed by atoms with E-state index in [2.05, 4.69) is 36.7 Å². The molecule has 1 aliphatic rings. The third-order valence-electron chi connectivity index (χ3n) is 3.37. The third-order valence-corrected chi connectivity index (χ3v) is 3.93. The molecule has 1 saturated heterocycles. The van der Waals surface area contributed by atoms with Crippen LogP contribution >= 0.6 is 15.9 Å². The number of amides is 1. The van der Waals surface area contributed by atoms with Crippen LogP contribution < -0.4 is 0 Å². The van der Waals surface area contributed by atoms with Crippen LogP contribution in [0.3, 0.4) is 0 Å². The number of rotatable bonds is 6. The van der Waals surface area contributed by atoms with Crippen LogP contribution in [0.15, 0.2) is 0 Å². The summed E-state index contributed by atoms with van der Waals surface area (Å²) in [5.74, 6) is 0.364. The first kappa shape index (κ1) is 15.0. The van der Waals surface area contributed by atoms with Gasteiger partial charge in [-0.3, -0.25) is 4.79 Å². The smallest absolute Gasteiger partial charge is 0.228 e. The molecule has 17 heavy (non-hydrogen) atoms. The van der Waals surface area contributed by atoms with Gasteiger partial charge in [-0.25, -0.2) is 0 Å². The van der Waals surface area contributed by atoms with Gasteiger partial charge in [-0.2, -0.15) is 0 Å². The quantitative estimate of drug-likeness (QED) is 0.706. The fraction of sp³-hybridized carbons (Fsp3) is 0.923. The fourth-order valence-electron chi connectivity index (χ4n) is 2.40. The van der Waals surface area contributed by atoms with Gasteiger partial charge < -0.3 is 9.64 Å². The summed E-state index contributed by atoms with van der Waals surface area (Å²) in [4.78, 5) is 14.5. The summed E-state index contributed by atoms with van der Waals surface area (Å²) in [6.07, 6.45) is 2.96. The van der Waals surface area contributed by atoms with E-state index < -0.39 is 0 Å². The summed E-state index contributed by atoms with van der Waals surface area (Å²) in [6.45, 7) is 7.84. The molecule has 3 nitrogen and oxygen atoms in total. The molecule has 0 aromatic heterocycles. The van der Waals surface area contributed by atoms with Crippen molar-refractivity contribution >= 4 is 21.8 Å². The van der Waals surface area contributed by atoms with Crippen molar-refractivity contribution in [3.8, 4) is 0 Å². The Morgan fingerprint density at radius 3 is 2.76 bits per heavy atom. The lowest BCUT2D eigenvalue weighted by Gasteiger charge is -2.30. The Hall–Kier alpha value is -0.0900. The Kier molecular flexibility index (Phi) is 6.49. The monoisotopic (exact) mass is 305 g/mol. The topological polar surface area (TPSA) is 29.5 Å². The highest BCUT2D eigenvalue weighted by atomic mass is 79.9. The minimum Gasteiger partial charge on any atom is -0.377 e. The molecule has 1 aliphatic heterocycles. The molecule has 0 bridgehead atoms. The van der Waals surface area contributed by atoms with Gasteiger partial charge >= 0.3 is 0 Å². The predicted octanol–water partition coefficient (Wildman–Crippen LogP) is 2.82. The highest BCUT2D eigenvalue weighted by Gasteiger charge is 2.35. The number of ether oxygens (including phenoxy) is 1. The van der Waals surface area contributed by atoms with E-state index in [1.807, 2.05) is 4.90 Å². The SMILES string of the molecule is CCC1OCCC1C(=O)N(CCCBr)C(C)C. The van der Waals surface area contributed by atoms with E-state index >= 15 is 0 Å². The Morgan fingerprint density at radius 2 is 2.24 bits per heavy atom. The Morgan fingerprint density at radius 1 is 1.53 bits per heavy atom. The zero-order valence-electron chi connectivity index (χ0n) is 11.1. The highest BCUT2D eigenvalue weighted by molar-refractivity contribution is 9.09. The number of halogens is 1. The first-order valence-corrected chi connectivity index (χ1v) is 7.72. The van der Waals surface area contributed by atoms with Crippen molar-refractivity contribution in [2.45, 2.75) is 52.2 Å². The second kappa shape index (κ2) is 7.37. The van der Waals surface area contributed by atoms with Gasteiger partial charge in [0.15, 0.2) is 0 Å². The number of hydrogen-bond acceptors (Lipinski definition) is 2. The molecule has 0 spiro atoms. The minimum absolute atomic E-state index is 0.0812. The number of carbonyl (C=O) groups is 1. The van der Waals surface area contributed by atoms with Crippen LogP contribution in [-0.4, -0.2) is 41.4 Å². The van der Waals surface area contributed by atoms with Gasteiger partial charge in [0.2, 0.25) is 5.91 Å². The van der Waals surface area contributed by atoms with E-state index in [1.165, 1.54) is 0 Å². The maximum absolute atomic E-state index is 12.5. The molecule has 1 fully saturated rings. The lowest BCUT2D eigenvalue weighted by Crippen LogP contribution is -2.43. The molecule has 0 saturated carbocycles. The summed E-state index contributed by atoms with van der Waals surface area (Å²) in [5, 5.41) is 0.946. The number of carbonyl (C=O) groups excluding carboxylic acids is 1. The van der Waals surface area contributed by atoms with Crippen LogP contribution in [0.4, 0.5) is 0 Å². The summed E-state index contributed by atoms with van der Waals surface area (Å²) >= 11 is 3.42. The molecule has 0 N–H and O–H groups in total. The summed E-state index contributed by atoms with van der Waals surface area (Å²) in [6, 6.07) is 0.277. The summed E-state index contributed by atoms with van der Waals surface area (Å²) < 4.78 is 5.61. The zero-order chi connectivity index (χ0) is 12.8. The van der Waals surface area contributed by atoms with E-state index in [0.29, 0.717) is 0 Å². The van der Waals surface area contributed by atoms with Crippen molar-refractivity contribution in [3.63, 3.8) is 0 Å². The Balaban J connectivity index is 2.63. The Bertz CT molecular complexity index is 246. The van der Waals surface area contributed by atoms with Crippen LogP contribution in [0.25, 0.3) is 0 Å². The molecular weight excluding hydrogens is 282 g/mol. The van der Waals surface area contributed by atoms with Gasteiger partial charge in [0, 0.05) is 24.5 Å².